The number of nitrogens with one attached hydrogen (secondary N) is 2. The smallest absolute Gasteiger partial charge is 0.214 e. The summed E-state index contributed by atoms with van der Waals surface area (Å²) in [5.41, 5.74) is 0. The third-order valence-corrected chi connectivity index (χ3v) is 4.75. The van der Waals surface area contributed by atoms with Gasteiger partial charge in [0.1, 0.15) is 6.61 Å². The Bertz CT molecular complexity index is 562. The van der Waals surface area contributed by atoms with Gasteiger partial charge in [-0.1, -0.05) is 12.1 Å². The summed E-state index contributed by atoms with van der Waals surface area (Å²) >= 11 is 0. The van der Waals surface area contributed by atoms with Crippen molar-refractivity contribution in [2.24, 2.45) is 0 Å². The molecule has 1 saturated heterocycles. The first-order chi connectivity index (χ1) is 10.6. The lowest BCUT2D eigenvalue weighted by molar-refractivity contribution is 0.245. The SMILES string of the molecule is O=S(=O)(CCOc1ccccc1F)NCCN1CCNCC1. The fraction of sp³-hybridized carbons (Fsp3) is 0.571. The van der Waals surface area contributed by atoms with E-state index in [1.54, 1.807) is 12.1 Å². The molecule has 0 unspecified atom stereocenters. The molecule has 1 heterocycles. The molecule has 1 fully saturated rings. The molecule has 2 N–H and O–H groups in total. The first-order valence-corrected chi connectivity index (χ1v) is 9.00. The van der Waals surface area contributed by atoms with E-state index in [-0.39, 0.29) is 18.1 Å². The second-order valence-corrected chi connectivity index (χ2v) is 7.01. The number of sulfonamides is 1. The summed E-state index contributed by atoms with van der Waals surface area (Å²) in [5, 5.41) is 3.24. The Balaban J connectivity index is 1.66. The van der Waals surface area contributed by atoms with Gasteiger partial charge in [0.2, 0.25) is 10.0 Å². The number of rotatable bonds is 8. The number of benzene rings is 1. The zero-order valence-electron chi connectivity index (χ0n) is 12.4. The van der Waals surface area contributed by atoms with E-state index in [9.17, 15) is 12.8 Å². The highest BCUT2D eigenvalue weighted by atomic mass is 32.2. The van der Waals surface area contributed by atoms with Crippen molar-refractivity contribution in [3.05, 3.63) is 30.1 Å². The van der Waals surface area contributed by atoms with Crippen molar-refractivity contribution in [1.29, 1.82) is 0 Å². The van der Waals surface area contributed by atoms with Gasteiger partial charge < -0.3 is 10.1 Å². The van der Waals surface area contributed by atoms with E-state index in [4.69, 9.17) is 4.74 Å². The molecule has 1 aromatic rings. The Hall–Kier alpha value is -1.22. The van der Waals surface area contributed by atoms with Crippen LogP contribution in [0.1, 0.15) is 0 Å². The van der Waals surface area contributed by atoms with Crippen molar-refractivity contribution in [3.8, 4) is 5.75 Å². The van der Waals surface area contributed by atoms with Gasteiger partial charge in [0, 0.05) is 39.3 Å². The van der Waals surface area contributed by atoms with E-state index in [0.717, 1.165) is 26.2 Å². The predicted octanol–water partition coefficient (Wildman–Crippen LogP) is 0.0291. The second kappa shape index (κ2) is 8.42. The van der Waals surface area contributed by atoms with E-state index in [1.165, 1.54) is 12.1 Å². The third-order valence-electron chi connectivity index (χ3n) is 3.41. The van der Waals surface area contributed by atoms with Crippen LogP contribution < -0.4 is 14.8 Å². The fourth-order valence-electron chi connectivity index (χ4n) is 2.19. The van der Waals surface area contributed by atoms with Crippen LogP contribution in [0.4, 0.5) is 4.39 Å². The fourth-order valence-corrected chi connectivity index (χ4v) is 3.04. The van der Waals surface area contributed by atoms with Gasteiger partial charge in [0.25, 0.3) is 0 Å². The highest BCUT2D eigenvalue weighted by molar-refractivity contribution is 7.89. The maximum absolute atomic E-state index is 13.3. The van der Waals surface area contributed by atoms with Crippen molar-refractivity contribution in [2.45, 2.75) is 0 Å². The van der Waals surface area contributed by atoms with Crippen LogP contribution in [0.3, 0.4) is 0 Å². The van der Waals surface area contributed by atoms with Crippen molar-refractivity contribution in [1.82, 2.24) is 14.9 Å². The summed E-state index contributed by atoms with van der Waals surface area (Å²) in [5.74, 6) is -0.617. The largest absolute Gasteiger partial charge is 0.489 e. The van der Waals surface area contributed by atoms with E-state index in [1.807, 2.05) is 0 Å². The van der Waals surface area contributed by atoms with E-state index < -0.39 is 15.8 Å². The van der Waals surface area contributed by atoms with E-state index in [0.29, 0.717) is 13.1 Å². The second-order valence-electron chi connectivity index (χ2n) is 5.08. The van der Waals surface area contributed by atoms with Crippen LogP contribution in [0.5, 0.6) is 5.75 Å². The Kier molecular flexibility index (Phi) is 6.56. The highest BCUT2D eigenvalue weighted by Gasteiger charge is 2.13. The van der Waals surface area contributed by atoms with Crippen LogP contribution in [0, 0.1) is 5.82 Å². The lowest BCUT2D eigenvalue weighted by Gasteiger charge is -2.27. The summed E-state index contributed by atoms with van der Waals surface area (Å²) in [4.78, 5) is 2.20. The summed E-state index contributed by atoms with van der Waals surface area (Å²) in [6, 6.07) is 5.94. The van der Waals surface area contributed by atoms with Crippen molar-refractivity contribution in [3.63, 3.8) is 0 Å². The quantitative estimate of drug-likeness (QED) is 0.703. The molecule has 1 aromatic carbocycles. The molecule has 1 aliphatic heterocycles. The van der Waals surface area contributed by atoms with Crippen molar-refractivity contribution in [2.75, 3.05) is 51.6 Å². The van der Waals surface area contributed by atoms with Crippen LogP contribution in [-0.4, -0.2) is 64.9 Å². The molecular formula is C14H22FN3O3S. The lowest BCUT2D eigenvalue weighted by Crippen LogP contribution is -2.46. The van der Waals surface area contributed by atoms with Crippen LogP contribution >= 0.6 is 0 Å². The molecule has 22 heavy (non-hydrogen) atoms. The molecule has 0 atom stereocenters. The summed E-state index contributed by atoms with van der Waals surface area (Å²) < 4.78 is 44.7. The zero-order valence-corrected chi connectivity index (χ0v) is 13.2. The Labute approximate surface area is 130 Å². The minimum atomic E-state index is -3.41. The van der Waals surface area contributed by atoms with Gasteiger partial charge in [-0.3, -0.25) is 4.90 Å². The maximum Gasteiger partial charge on any atom is 0.214 e. The molecule has 0 saturated carbocycles. The number of ether oxygens (including phenoxy) is 1. The average Bonchev–Trinajstić information content (AvgIpc) is 2.50. The zero-order chi connectivity index (χ0) is 15.8. The third kappa shape index (κ3) is 5.88. The number of piperazine rings is 1. The van der Waals surface area contributed by atoms with Gasteiger partial charge in [-0.25, -0.2) is 17.5 Å². The van der Waals surface area contributed by atoms with Gasteiger partial charge in [-0.2, -0.15) is 0 Å². The molecule has 0 spiro atoms. The molecule has 0 aliphatic carbocycles. The van der Waals surface area contributed by atoms with E-state index >= 15 is 0 Å². The van der Waals surface area contributed by atoms with Gasteiger partial charge in [0.05, 0.1) is 5.75 Å². The minimum Gasteiger partial charge on any atom is -0.489 e. The standard InChI is InChI=1S/C14H22FN3O3S/c15-13-3-1-2-4-14(13)21-11-12-22(19,20)17-7-10-18-8-5-16-6-9-18/h1-4,16-17H,5-12H2. The topological polar surface area (TPSA) is 70.7 Å². The van der Waals surface area contributed by atoms with Gasteiger partial charge >= 0.3 is 0 Å². The normalized spacial score (nSPS) is 16.6. The maximum atomic E-state index is 13.3. The van der Waals surface area contributed by atoms with Crippen molar-refractivity contribution >= 4 is 10.0 Å². The van der Waals surface area contributed by atoms with Gasteiger partial charge in [-0.05, 0) is 12.1 Å². The predicted molar refractivity (Wildman–Crippen MR) is 83.0 cm³/mol. The van der Waals surface area contributed by atoms with Crippen molar-refractivity contribution < 1.29 is 17.5 Å². The molecule has 8 heteroatoms. The number of halogens is 1. The number of nitrogens with zero attached hydrogens (tertiary/aromatic N) is 1. The Morgan fingerprint density at radius 1 is 1.27 bits per heavy atom. The summed E-state index contributed by atoms with van der Waals surface area (Å²) in [6.07, 6.45) is 0. The van der Waals surface area contributed by atoms with E-state index in [2.05, 4.69) is 14.9 Å². The average molecular weight is 331 g/mol. The van der Waals surface area contributed by atoms with Gasteiger partial charge in [0.15, 0.2) is 11.6 Å². The monoisotopic (exact) mass is 331 g/mol. The molecular weight excluding hydrogens is 309 g/mol. The number of hydrogen-bond acceptors (Lipinski definition) is 5. The summed E-state index contributed by atoms with van der Waals surface area (Å²) in [7, 11) is -3.41. The molecule has 0 aromatic heterocycles. The highest BCUT2D eigenvalue weighted by Crippen LogP contribution is 2.15. The first-order valence-electron chi connectivity index (χ1n) is 7.34. The number of hydrogen-bond donors (Lipinski definition) is 2. The molecule has 6 nitrogen and oxygen atoms in total. The first kappa shape index (κ1) is 17.1. The van der Waals surface area contributed by atoms with Crippen LogP contribution in [-0.2, 0) is 10.0 Å². The molecule has 124 valence electrons. The van der Waals surface area contributed by atoms with Crippen LogP contribution in [0.2, 0.25) is 0 Å². The molecule has 0 radical (unpaired) electrons. The van der Waals surface area contributed by atoms with Crippen LogP contribution in [0.25, 0.3) is 0 Å². The Morgan fingerprint density at radius 3 is 2.73 bits per heavy atom. The lowest BCUT2D eigenvalue weighted by atomic mass is 10.3. The molecule has 0 bridgehead atoms. The van der Waals surface area contributed by atoms with Crippen LogP contribution in [0.15, 0.2) is 24.3 Å². The molecule has 1 aliphatic rings. The summed E-state index contributed by atoms with van der Waals surface area (Å²) in [6.45, 7) is 4.71. The molecule has 0 amide bonds. The molecule has 2 rings (SSSR count). The van der Waals surface area contributed by atoms with Gasteiger partial charge in [-0.15, -0.1) is 0 Å². The number of para-hydroxylation sites is 1. The minimum absolute atomic E-state index is 0.0681. The Morgan fingerprint density at radius 2 is 2.00 bits per heavy atom.